The summed E-state index contributed by atoms with van der Waals surface area (Å²) in [6.07, 6.45) is 0.812. The van der Waals surface area contributed by atoms with E-state index in [2.05, 4.69) is 4.90 Å². The molecular formula is C29H30Cl2N2O4S. The van der Waals surface area contributed by atoms with Gasteiger partial charge in [0.25, 0.3) is 0 Å². The highest BCUT2D eigenvalue weighted by atomic mass is 35.5. The highest BCUT2D eigenvalue weighted by Gasteiger charge is 2.44. The lowest BCUT2D eigenvalue weighted by molar-refractivity contribution is -0.151. The number of ether oxygens (including phenoxy) is 2. The van der Waals surface area contributed by atoms with Gasteiger partial charge in [0.2, 0.25) is 5.91 Å². The number of anilines is 1. The zero-order valence-electron chi connectivity index (χ0n) is 21.6. The molecule has 3 aromatic carbocycles. The Labute approximate surface area is 237 Å². The Hall–Kier alpha value is -2.71. The lowest BCUT2D eigenvalue weighted by Crippen LogP contribution is -2.40. The van der Waals surface area contributed by atoms with Gasteiger partial charge in [0.1, 0.15) is 5.75 Å². The van der Waals surface area contributed by atoms with Gasteiger partial charge in [0.05, 0.1) is 29.3 Å². The average molecular weight is 574 g/mol. The number of hydrogen-bond donors (Lipinski definition) is 0. The molecule has 1 heterocycles. The minimum atomic E-state index is -1.19. The van der Waals surface area contributed by atoms with Crippen molar-refractivity contribution in [3.05, 3.63) is 87.9 Å². The molecule has 0 radical (unpaired) electrons. The number of nitrogens with zero attached hydrogens (tertiary/aromatic N) is 2. The largest absolute Gasteiger partial charge is 0.497 e. The smallest absolute Gasteiger partial charge is 0.304 e. The Morgan fingerprint density at radius 1 is 1.05 bits per heavy atom. The molecule has 0 aromatic heterocycles. The highest BCUT2D eigenvalue weighted by molar-refractivity contribution is 8.00. The molecule has 200 valence electrons. The molecule has 0 spiro atoms. The van der Waals surface area contributed by atoms with Crippen LogP contribution < -0.4 is 9.64 Å². The number of halogens is 2. The first kappa shape index (κ1) is 28.3. The van der Waals surface area contributed by atoms with Crippen LogP contribution >= 0.6 is 35.0 Å². The third kappa shape index (κ3) is 6.64. The normalized spacial score (nSPS) is 17.2. The summed E-state index contributed by atoms with van der Waals surface area (Å²) in [6.45, 7) is 3.32. The van der Waals surface area contributed by atoms with Crippen molar-refractivity contribution in [1.29, 1.82) is 0 Å². The molecule has 0 aliphatic carbocycles. The van der Waals surface area contributed by atoms with Crippen molar-refractivity contribution in [2.75, 3.05) is 38.7 Å². The van der Waals surface area contributed by atoms with Gasteiger partial charge in [-0.15, -0.1) is 0 Å². The van der Waals surface area contributed by atoms with Gasteiger partial charge in [0, 0.05) is 37.0 Å². The molecule has 1 atom stereocenters. The maximum absolute atomic E-state index is 13.8. The number of carbonyl (C=O) groups is 2. The van der Waals surface area contributed by atoms with E-state index in [0.29, 0.717) is 28.9 Å². The zero-order valence-corrected chi connectivity index (χ0v) is 23.9. The summed E-state index contributed by atoms with van der Waals surface area (Å²) in [5.74, 6) is 0.120. The van der Waals surface area contributed by atoms with Crippen LogP contribution in [0, 0.1) is 0 Å². The molecule has 0 bridgehead atoms. The number of para-hydroxylation sites is 1. The van der Waals surface area contributed by atoms with Crippen molar-refractivity contribution in [2.24, 2.45) is 0 Å². The van der Waals surface area contributed by atoms with Gasteiger partial charge in [-0.3, -0.25) is 9.59 Å². The maximum atomic E-state index is 13.8. The minimum absolute atomic E-state index is 0.00520. The Bertz CT molecular complexity index is 1300. The number of thioether (sulfide) groups is 1. The van der Waals surface area contributed by atoms with E-state index in [1.165, 1.54) is 18.7 Å². The Morgan fingerprint density at radius 2 is 1.79 bits per heavy atom. The van der Waals surface area contributed by atoms with Crippen LogP contribution in [0.3, 0.4) is 0 Å². The van der Waals surface area contributed by atoms with Gasteiger partial charge in [-0.05, 0) is 55.4 Å². The second-order valence-electron chi connectivity index (χ2n) is 9.17. The third-order valence-corrected chi connectivity index (χ3v) is 8.52. The number of esters is 1. The first-order valence-corrected chi connectivity index (χ1v) is 13.8. The van der Waals surface area contributed by atoms with Gasteiger partial charge in [-0.25, -0.2) is 0 Å². The third-order valence-electron chi connectivity index (χ3n) is 6.43. The van der Waals surface area contributed by atoms with Crippen LogP contribution in [0.15, 0.2) is 71.6 Å². The van der Waals surface area contributed by atoms with Gasteiger partial charge in [0.15, 0.2) is 4.93 Å². The summed E-state index contributed by atoms with van der Waals surface area (Å²) in [4.78, 5) is 29.7. The molecule has 0 fully saturated rings. The molecule has 4 rings (SSSR count). The molecule has 1 aliphatic heterocycles. The van der Waals surface area contributed by atoms with Crippen LogP contribution in [0.2, 0.25) is 10.0 Å². The van der Waals surface area contributed by atoms with E-state index >= 15 is 0 Å². The second kappa shape index (κ2) is 12.4. The number of carbonyl (C=O) groups excluding carboxylic acids is 2. The van der Waals surface area contributed by atoms with E-state index in [1.807, 2.05) is 73.8 Å². The lowest BCUT2D eigenvalue weighted by Gasteiger charge is -2.31. The summed E-state index contributed by atoms with van der Waals surface area (Å²) < 4.78 is 11.2. The number of likely N-dealkylation sites (N-methyl/N-ethyl adjacent to an activating group) is 1. The van der Waals surface area contributed by atoms with E-state index in [1.54, 1.807) is 12.0 Å². The SMILES string of the molecule is COc1ccc(C2(OC(C)=O)CC(=O)N(CCN(C)CCc3ccc(Cl)c(Cl)c3)c3ccccc3S2)cc1. The van der Waals surface area contributed by atoms with E-state index in [9.17, 15) is 9.59 Å². The predicted octanol–water partition coefficient (Wildman–Crippen LogP) is 6.42. The van der Waals surface area contributed by atoms with Gasteiger partial charge >= 0.3 is 5.97 Å². The first-order chi connectivity index (χ1) is 18.2. The fourth-order valence-electron chi connectivity index (χ4n) is 4.41. The minimum Gasteiger partial charge on any atom is -0.497 e. The monoisotopic (exact) mass is 572 g/mol. The number of hydrogen-bond acceptors (Lipinski definition) is 6. The van der Waals surface area contributed by atoms with E-state index < -0.39 is 10.9 Å². The fraction of sp³-hybridized carbons (Fsp3) is 0.310. The maximum Gasteiger partial charge on any atom is 0.304 e. The summed E-state index contributed by atoms with van der Waals surface area (Å²) in [5.41, 5.74) is 2.63. The molecule has 0 saturated carbocycles. The Balaban J connectivity index is 1.54. The van der Waals surface area contributed by atoms with E-state index in [0.717, 1.165) is 34.7 Å². The Morgan fingerprint density at radius 3 is 2.47 bits per heavy atom. The fourth-order valence-corrected chi connectivity index (χ4v) is 6.12. The van der Waals surface area contributed by atoms with Crippen LogP contribution in [0.5, 0.6) is 5.75 Å². The van der Waals surface area contributed by atoms with E-state index in [4.69, 9.17) is 32.7 Å². The molecule has 9 heteroatoms. The summed E-state index contributed by atoms with van der Waals surface area (Å²) in [7, 11) is 3.62. The summed E-state index contributed by atoms with van der Waals surface area (Å²) >= 11 is 13.6. The number of methoxy groups -OCH3 is 1. The van der Waals surface area contributed by atoms with Gasteiger partial charge in [-0.1, -0.05) is 65.3 Å². The van der Waals surface area contributed by atoms with Crippen molar-refractivity contribution in [3.63, 3.8) is 0 Å². The molecule has 38 heavy (non-hydrogen) atoms. The summed E-state index contributed by atoms with van der Waals surface area (Å²) in [6, 6.07) is 20.7. The quantitative estimate of drug-likeness (QED) is 0.276. The number of amides is 1. The molecule has 6 nitrogen and oxygen atoms in total. The second-order valence-corrected chi connectivity index (χ2v) is 11.3. The van der Waals surface area contributed by atoms with Crippen LogP contribution in [0.1, 0.15) is 24.5 Å². The standard InChI is InChI=1S/C29H30Cl2N2O4S/c1-20(34)37-29(22-9-11-23(36-3)12-10-22)19-28(35)33(26-6-4-5-7-27(26)38-29)17-16-32(2)15-14-21-8-13-24(30)25(31)18-21/h4-13,18H,14-17,19H2,1-3H3. The van der Waals surface area contributed by atoms with Gasteiger partial charge < -0.3 is 19.3 Å². The van der Waals surface area contributed by atoms with Gasteiger partial charge in [-0.2, -0.15) is 0 Å². The van der Waals surface area contributed by atoms with Crippen LogP contribution in [-0.4, -0.2) is 50.6 Å². The molecule has 3 aromatic rings. The number of benzene rings is 3. The van der Waals surface area contributed by atoms with Crippen LogP contribution in [0.25, 0.3) is 0 Å². The molecule has 0 N–H and O–H groups in total. The molecular weight excluding hydrogens is 543 g/mol. The Kier molecular flexibility index (Phi) is 9.26. The van der Waals surface area contributed by atoms with Crippen molar-refractivity contribution in [2.45, 2.75) is 29.6 Å². The van der Waals surface area contributed by atoms with Crippen molar-refractivity contribution in [3.8, 4) is 5.75 Å². The molecule has 1 unspecified atom stereocenters. The average Bonchev–Trinajstić information content (AvgIpc) is 3.01. The molecule has 1 aliphatic rings. The first-order valence-electron chi connectivity index (χ1n) is 12.3. The number of rotatable bonds is 9. The van der Waals surface area contributed by atoms with Crippen molar-refractivity contribution < 1.29 is 19.1 Å². The molecule has 1 amide bonds. The topological polar surface area (TPSA) is 59.1 Å². The van der Waals surface area contributed by atoms with E-state index in [-0.39, 0.29) is 12.3 Å². The van der Waals surface area contributed by atoms with Crippen molar-refractivity contribution >= 4 is 52.5 Å². The van der Waals surface area contributed by atoms with Crippen LogP contribution in [-0.2, 0) is 25.7 Å². The molecule has 0 saturated heterocycles. The zero-order chi connectivity index (χ0) is 27.3. The predicted molar refractivity (Wildman–Crippen MR) is 153 cm³/mol. The summed E-state index contributed by atoms with van der Waals surface area (Å²) in [5, 5.41) is 1.09. The van der Waals surface area contributed by atoms with Crippen LogP contribution in [0.4, 0.5) is 5.69 Å². The highest BCUT2D eigenvalue weighted by Crippen LogP contribution is 2.51. The van der Waals surface area contributed by atoms with Crippen molar-refractivity contribution in [1.82, 2.24) is 4.90 Å². The lowest BCUT2D eigenvalue weighted by atomic mass is 10.0. The number of fused-ring (bicyclic) bond motifs is 1.